The number of piperidine rings is 1. The second-order valence-electron chi connectivity index (χ2n) is 5.77. The molecule has 17 heavy (non-hydrogen) atoms. The van der Waals surface area contributed by atoms with Gasteiger partial charge in [0.25, 0.3) is 0 Å². The number of rotatable bonds is 3. The molecule has 2 heteroatoms. The molecular weight excluding hydrogens is 208 g/mol. The van der Waals surface area contributed by atoms with Crippen LogP contribution in [-0.2, 0) is 6.54 Å². The molecule has 1 saturated heterocycles. The van der Waals surface area contributed by atoms with Gasteiger partial charge in [-0.2, -0.15) is 0 Å². The molecule has 92 valence electrons. The van der Waals surface area contributed by atoms with Crippen LogP contribution in [0.1, 0.15) is 24.8 Å². The first kappa shape index (κ1) is 11.2. The van der Waals surface area contributed by atoms with E-state index in [1.807, 2.05) is 0 Å². The summed E-state index contributed by atoms with van der Waals surface area (Å²) in [6.45, 7) is 4.41. The molecule has 3 rings (SSSR count). The molecule has 2 N–H and O–H groups in total. The van der Waals surface area contributed by atoms with Crippen LogP contribution in [0.2, 0.25) is 0 Å². The predicted molar refractivity (Wildman–Crippen MR) is 70.5 cm³/mol. The van der Waals surface area contributed by atoms with Crippen molar-refractivity contribution in [3.63, 3.8) is 0 Å². The van der Waals surface area contributed by atoms with Gasteiger partial charge in [-0.3, -0.25) is 4.90 Å². The number of nitrogens with zero attached hydrogens (tertiary/aromatic N) is 1. The van der Waals surface area contributed by atoms with Crippen LogP contribution in [0.3, 0.4) is 0 Å². The Bertz CT molecular complexity index is 370. The highest BCUT2D eigenvalue weighted by molar-refractivity contribution is 5.15. The smallest absolute Gasteiger partial charge is 0.0233 e. The van der Waals surface area contributed by atoms with E-state index in [-0.39, 0.29) is 0 Å². The normalized spacial score (nSPS) is 27.2. The zero-order chi connectivity index (χ0) is 11.7. The fourth-order valence-corrected chi connectivity index (χ4v) is 3.31. The molecule has 1 saturated carbocycles. The maximum Gasteiger partial charge on any atom is 0.0233 e. The molecule has 1 unspecified atom stereocenters. The van der Waals surface area contributed by atoms with E-state index in [2.05, 4.69) is 35.2 Å². The lowest BCUT2D eigenvalue weighted by atomic mass is 9.82. The van der Waals surface area contributed by atoms with E-state index in [0.717, 1.165) is 19.0 Å². The van der Waals surface area contributed by atoms with Crippen LogP contribution in [-0.4, -0.2) is 24.5 Å². The van der Waals surface area contributed by atoms with Gasteiger partial charge >= 0.3 is 0 Å². The van der Waals surface area contributed by atoms with Crippen molar-refractivity contribution in [3.05, 3.63) is 35.9 Å². The van der Waals surface area contributed by atoms with Gasteiger partial charge in [-0.15, -0.1) is 0 Å². The highest BCUT2D eigenvalue weighted by atomic mass is 15.1. The fraction of sp³-hybridized carbons (Fsp3) is 0.600. The second kappa shape index (κ2) is 4.43. The second-order valence-corrected chi connectivity index (χ2v) is 5.77. The summed E-state index contributed by atoms with van der Waals surface area (Å²) in [7, 11) is 0. The summed E-state index contributed by atoms with van der Waals surface area (Å²) < 4.78 is 0. The van der Waals surface area contributed by atoms with Gasteiger partial charge in [0.2, 0.25) is 0 Å². The minimum absolute atomic E-state index is 0.655. The molecule has 2 fully saturated rings. The average Bonchev–Trinajstić information content (AvgIpc) is 3.14. The SMILES string of the molecule is NCC1CN(Cc2ccccc2)CCC12CC2. The Morgan fingerprint density at radius 2 is 1.94 bits per heavy atom. The van der Waals surface area contributed by atoms with Crippen molar-refractivity contribution in [3.8, 4) is 0 Å². The molecule has 0 aromatic heterocycles. The first-order valence-electron chi connectivity index (χ1n) is 6.79. The summed E-state index contributed by atoms with van der Waals surface area (Å²) >= 11 is 0. The van der Waals surface area contributed by atoms with Crippen molar-refractivity contribution in [1.82, 2.24) is 4.90 Å². The third-order valence-electron chi connectivity index (χ3n) is 4.70. The quantitative estimate of drug-likeness (QED) is 0.863. The van der Waals surface area contributed by atoms with Gasteiger partial charge in [-0.05, 0) is 49.2 Å². The molecular formula is C15H22N2. The molecule has 2 nitrogen and oxygen atoms in total. The van der Waals surface area contributed by atoms with E-state index in [9.17, 15) is 0 Å². The molecule has 1 aromatic rings. The Morgan fingerprint density at radius 1 is 1.18 bits per heavy atom. The maximum absolute atomic E-state index is 5.95. The summed E-state index contributed by atoms with van der Waals surface area (Å²) in [5.74, 6) is 0.736. The molecule has 1 aliphatic heterocycles. The van der Waals surface area contributed by atoms with E-state index >= 15 is 0 Å². The molecule has 1 atom stereocenters. The first-order chi connectivity index (χ1) is 8.32. The van der Waals surface area contributed by atoms with Crippen LogP contribution in [0.4, 0.5) is 0 Å². The lowest BCUT2D eigenvalue weighted by Gasteiger charge is -2.38. The molecule has 1 aliphatic carbocycles. The zero-order valence-corrected chi connectivity index (χ0v) is 10.4. The van der Waals surface area contributed by atoms with E-state index < -0.39 is 0 Å². The van der Waals surface area contributed by atoms with E-state index in [0.29, 0.717) is 5.41 Å². The van der Waals surface area contributed by atoms with E-state index in [4.69, 9.17) is 5.73 Å². The predicted octanol–water partition coefficient (Wildman–Crippen LogP) is 2.25. The third kappa shape index (κ3) is 2.24. The zero-order valence-electron chi connectivity index (χ0n) is 10.4. The standard InChI is InChI=1S/C15H22N2/c16-10-14-12-17(9-8-15(14)6-7-15)11-13-4-2-1-3-5-13/h1-5,14H,6-12,16H2. The largest absolute Gasteiger partial charge is 0.330 e. The molecule has 1 spiro atoms. The molecule has 0 radical (unpaired) electrons. The Morgan fingerprint density at radius 3 is 2.59 bits per heavy atom. The molecule has 0 amide bonds. The van der Waals surface area contributed by atoms with Gasteiger partial charge < -0.3 is 5.73 Å². The Kier molecular flexibility index (Phi) is 2.93. The van der Waals surface area contributed by atoms with Gasteiger partial charge in [0.1, 0.15) is 0 Å². The summed E-state index contributed by atoms with van der Waals surface area (Å²) in [6.07, 6.45) is 4.21. The Labute approximate surface area is 104 Å². The lowest BCUT2D eigenvalue weighted by molar-refractivity contribution is 0.103. The van der Waals surface area contributed by atoms with E-state index in [1.54, 1.807) is 0 Å². The summed E-state index contributed by atoms with van der Waals surface area (Å²) in [5, 5.41) is 0. The van der Waals surface area contributed by atoms with Crippen molar-refractivity contribution < 1.29 is 0 Å². The number of likely N-dealkylation sites (tertiary alicyclic amines) is 1. The van der Waals surface area contributed by atoms with Gasteiger partial charge in [-0.1, -0.05) is 30.3 Å². The summed E-state index contributed by atoms with van der Waals surface area (Å²) in [6, 6.07) is 10.8. The Balaban J connectivity index is 1.62. The van der Waals surface area contributed by atoms with Gasteiger partial charge in [-0.25, -0.2) is 0 Å². The monoisotopic (exact) mass is 230 g/mol. The van der Waals surface area contributed by atoms with Crippen LogP contribution < -0.4 is 5.73 Å². The summed E-state index contributed by atoms with van der Waals surface area (Å²) in [4.78, 5) is 2.58. The average molecular weight is 230 g/mol. The van der Waals surface area contributed by atoms with Crippen LogP contribution in [0, 0.1) is 11.3 Å². The molecule has 2 aliphatic rings. The third-order valence-corrected chi connectivity index (χ3v) is 4.70. The molecule has 1 heterocycles. The number of hydrogen-bond donors (Lipinski definition) is 1. The van der Waals surface area contributed by atoms with Crippen molar-refractivity contribution in [2.45, 2.75) is 25.8 Å². The molecule has 1 aromatic carbocycles. The topological polar surface area (TPSA) is 29.3 Å². The molecule has 0 bridgehead atoms. The summed E-state index contributed by atoms with van der Waals surface area (Å²) in [5.41, 5.74) is 8.03. The van der Waals surface area contributed by atoms with Crippen LogP contribution >= 0.6 is 0 Å². The van der Waals surface area contributed by atoms with Crippen LogP contribution in [0.5, 0.6) is 0 Å². The van der Waals surface area contributed by atoms with Gasteiger partial charge in [0, 0.05) is 13.1 Å². The highest BCUT2D eigenvalue weighted by Crippen LogP contribution is 2.56. The lowest BCUT2D eigenvalue weighted by Crippen LogP contribution is -2.44. The number of hydrogen-bond acceptors (Lipinski definition) is 2. The van der Waals surface area contributed by atoms with Gasteiger partial charge in [0.15, 0.2) is 0 Å². The van der Waals surface area contributed by atoms with Crippen molar-refractivity contribution in [1.29, 1.82) is 0 Å². The van der Waals surface area contributed by atoms with Crippen LogP contribution in [0.15, 0.2) is 30.3 Å². The van der Waals surface area contributed by atoms with Crippen molar-refractivity contribution in [2.75, 3.05) is 19.6 Å². The minimum Gasteiger partial charge on any atom is -0.330 e. The van der Waals surface area contributed by atoms with Crippen molar-refractivity contribution >= 4 is 0 Å². The first-order valence-corrected chi connectivity index (χ1v) is 6.79. The Hall–Kier alpha value is -0.860. The number of nitrogens with two attached hydrogens (primary N) is 1. The highest BCUT2D eigenvalue weighted by Gasteiger charge is 2.50. The van der Waals surface area contributed by atoms with Gasteiger partial charge in [0.05, 0.1) is 0 Å². The van der Waals surface area contributed by atoms with E-state index in [1.165, 1.54) is 37.9 Å². The van der Waals surface area contributed by atoms with Crippen molar-refractivity contribution in [2.24, 2.45) is 17.1 Å². The fourth-order valence-electron chi connectivity index (χ4n) is 3.31. The minimum atomic E-state index is 0.655. The van der Waals surface area contributed by atoms with Crippen LogP contribution in [0.25, 0.3) is 0 Å². The maximum atomic E-state index is 5.95. The number of benzene rings is 1.